The summed E-state index contributed by atoms with van der Waals surface area (Å²) in [6, 6.07) is 43.4. The lowest BCUT2D eigenvalue weighted by molar-refractivity contribution is 1.64. The van der Waals surface area contributed by atoms with Crippen molar-refractivity contribution >= 4 is 43.1 Å². The molecular formula is C46H30. The molecule has 0 bridgehead atoms. The van der Waals surface area contributed by atoms with E-state index in [9.17, 15) is 6.85 Å². The Morgan fingerprint density at radius 3 is 1.61 bits per heavy atom. The second-order valence-corrected chi connectivity index (χ2v) is 11.5. The Labute approximate surface area is 278 Å². The van der Waals surface area contributed by atoms with Gasteiger partial charge in [0.2, 0.25) is 0 Å². The molecule has 0 fully saturated rings. The Bertz CT molecular complexity index is 2950. The fourth-order valence-corrected chi connectivity index (χ4v) is 6.85. The van der Waals surface area contributed by atoms with Crippen LogP contribution >= 0.6 is 0 Å². The maximum Gasteiger partial charge on any atom is 0.0636 e. The van der Waals surface area contributed by atoms with Crippen LogP contribution in [0.1, 0.15) is 9.60 Å². The molecule has 9 aromatic rings. The standard InChI is InChI=1S/C46H30/c1-3-14-31(15-4-1)37-28-29-42(39-22-10-9-21-38(37)39)46-41-24-12-11-23-40(41)45(33-17-5-2-6-18-33)43-27-26-34(30-44(43)46)36-25-13-19-32-16-7-8-20-35(32)36/h1-30H/i11D,12D,23D,24D,26D,27D,30D. The van der Waals surface area contributed by atoms with Gasteiger partial charge in [0, 0.05) is 0 Å². The Balaban J connectivity index is 1.58. The predicted octanol–water partition coefficient (Wildman–Crippen LogP) is 13.0. The van der Waals surface area contributed by atoms with Crippen LogP contribution < -0.4 is 0 Å². The van der Waals surface area contributed by atoms with Crippen LogP contribution in [0.5, 0.6) is 0 Å². The van der Waals surface area contributed by atoms with E-state index >= 15 is 0 Å². The highest BCUT2D eigenvalue weighted by molar-refractivity contribution is 6.24. The third-order valence-electron chi connectivity index (χ3n) is 8.90. The molecule has 0 aliphatic rings. The van der Waals surface area contributed by atoms with Crippen LogP contribution in [0.25, 0.3) is 87.6 Å². The van der Waals surface area contributed by atoms with Gasteiger partial charge in [-0.1, -0.05) is 176 Å². The van der Waals surface area contributed by atoms with E-state index < -0.39 is 0 Å². The number of hydrogen-bond acceptors (Lipinski definition) is 0. The monoisotopic (exact) mass is 589 g/mol. The van der Waals surface area contributed by atoms with E-state index in [4.69, 9.17) is 2.74 Å². The summed E-state index contributed by atoms with van der Waals surface area (Å²) in [5, 5.41) is 4.76. The highest BCUT2D eigenvalue weighted by atomic mass is 14.2. The molecule has 0 nitrogen and oxygen atoms in total. The Hall–Kier alpha value is -5.98. The maximum atomic E-state index is 10.1. The fourth-order valence-electron chi connectivity index (χ4n) is 6.85. The second-order valence-electron chi connectivity index (χ2n) is 11.5. The molecule has 0 saturated carbocycles. The van der Waals surface area contributed by atoms with Crippen molar-refractivity contribution in [2.75, 3.05) is 0 Å². The number of benzene rings is 9. The summed E-state index contributed by atoms with van der Waals surface area (Å²) in [6.07, 6.45) is 0. The molecule has 0 heterocycles. The molecule has 0 amide bonds. The molecule has 9 rings (SSSR count). The quantitative estimate of drug-likeness (QED) is 0.179. The average molecular weight is 590 g/mol. The zero-order valence-electron chi connectivity index (χ0n) is 31.8. The number of fused-ring (bicyclic) bond motifs is 4. The summed E-state index contributed by atoms with van der Waals surface area (Å²) in [5.41, 5.74) is 5.13. The van der Waals surface area contributed by atoms with Crippen LogP contribution in [0.3, 0.4) is 0 Å². The molecule has 0 aliphatic carbocycles. The summed E-state index contributed by atoms with van der Waals surface area (Å²) in [5.74, 6) is 0. The van der Waals surface area contributed by atoms with E-state index in [-0.39, 0.29) is 53.1 Å². The van der Waals surface area contributed by atoms with Crippen molar-refractivity contribution in [1.82, 2.24) is 0 Å². The van der Waals surface area contributed by atoms with Crippen LogP contribution in [-0.2, 0) is 0 Å². The number of hydrogen-bond donors (Lipinski definition) is 0. The minimum Gasteiger partial charge on any atom is -0.0622 e. The lowest BCUT2D eigenvalue weighted by Crippen LogP contribution is -1.93. The van der Waals surface area contributed by atoms with Crippen LogP contribution in [-0.4, -0.2) is 0 Å². The molecule has 0 N–H and O–H groups in total. The van der Waals surface area contributed by atoms with E-state index in [1.165, 1.54) is 0 Å². The van der Waals surface area contributed by atoms with Gasteiger partial charge in [0.25, 0.3) is 0 Å². The molecule has 0 aromatic heterocycles. The maximum absolute atomic E-state index is 10.1. The van der Waals surface area contributed by atoms with E-state index in [2.05, 4.69) is 12.1 Å². The van der Waals surface area contributed by atoms with Crippen molar-refractivity contribution in [3.05, 3.63) is 182 Å². The van der Waals surface area contributed by atoms with Crippen molar-refractivity contribution in [3.63, 3.8) is 0 Å². The van der Waals surface area contributed by atoms with Gasteiger partial charge in [-0.15, -0.1) is 0 Å². The largest absolute Gasteiger partial charge is 0.0636 e. The first-order valence-corrected chi connectivity index (χ1v) is 15.4. The Kier molecular flexibility index (Phi) is 4.76. The van der Waals surface area contributed by atoms with Gasteiger partial charge in [0.05, 0.1) is 9.60 Å². The topological polar surface area (TPSA) is 0 Å². The molecule has 9 aromatic carbocycles. The lowest BCUT2D eigenvalue weighted by atomic mass is 9.83. The first kappa shape index (κ1) is 20.1. The lowest BCUT2D eigenvalue weighted by Gasteiger charge is -2.20. The molecule has 0 heteroatoms. The molecule has 0 unspecified atom stereocenters. The summed E-state index contributed by atoms with van der Waals surface area (Å²) in [4.78, 5) is 0. The smallest absolute Gasteiger partial charge is 0.0622 e. The first-order valence-electron chi connectivity index (χ1n) is 18.9. The van der Waals surface area contributed by atoms with Crippen molar-refractivity contribution in [3.8, 4) is 44.5 Å². The summed E-state index contributed by atoms with van der Waals surface area (Å²) < 4.78 is 66.0. The molecular weight excluding hydrogens is 553 g/mol. The minimum absolute atomic E-state index is 0.0232. The van der Waals surface area contributed by atoms with Crippen LogP contribution in [0.2, 0.25) is 0 Å². The normalized spacial score (nSPS) is 13.6. The molecule has 0 spiro atoms. The SMILES string of the molecule is [2H]c1c([2H])c([2H])c2c(-c3ccc(-c4ccccc4)c4ccccc34)c3c([2H])c(-c4cccc5ccccc45)c([2H])c([2H])c3c(-c3ccccc3)c2c1[2H]. The zero-order chi connectivity index (χ0) is 36.5. The van der Waals surface area contributed by atoms with Gasteiger partial charge in [0.15, 0.2) is 0 Å². The predicted molar refractivity (Wildman–Crippen MR) is 198 cm³/mol. The highest BCUT2D eigenvalue weighted by Gasteiger charge is 2.20. The third-order valence-corrected chi connectivity index (χ3v) is 8.90. The highest BCUT2D eigenvalue weighted by Crippen LogP contribution is 2.47. The van der Waals surface area contributed by atoms with Crippen molar-refractivity contribution in [2.45, 2.75) is 0 Å². The van der Waals surface area contributed by atoms with Gasteiger partial charge in [-0.25, -0.2) is 0 Å². The average Bonchev–Trinajstić information content (AvgIpc) is 3.20. The van der Waals surface area contributed by atoms with Gasteiger partial charge in [-0.05, 0) is 93.6 Å². The molecule has 214 valence electrons. The van der Waals surface area contributed by atoms with E-state index in [1.54, 1.807) is 0 Å². The minimum atomic E-state index is -0.384. The van der Waals surface area contributed by atoms with Crippen LogP contribution in [0.15, 0.2) is 182 Å². The molecule has 0 radical (unpaired) electrons. The fraction of sp³-hybridized carbons (Fsp3) is 0. The summed E-state index contributed by atoms with van der Waals surface area (Å²) in [6.45, 7) is 0. The Morgan fingerprint density at radius 1 is 0.304 bits per heavy atom. The summed E-state index contributed by atoms with van der Waals surface area (Å²) >= 11 is 0. The molecule has 46 heavy (non-hydrogen) atoms. The van der Waals surface area contributed by atoms with Crippen molar-refractivity contribution < 1.29 is 9.60 Å². The van der Waals surface area contributed by atoms with E-state index in [0.717, 1.165) is 32.7 Å². The van der Waals surface area contributed by atoms with Gasteiger partial charge >= 0.3 is 0 Å². The second kappa shape index (κ2) is 10.9. The van der Waals surface area contributed by atoms with Crippen molar-refractivity contribution in [1.29, 1.82) is 0 Å². The third kappa shape index (κ3) is 4.23. The van der Waals surface area contributed by atoms with Crippen molar-refractivity contribution in [2.24, 2.45) is 0 Å². The van der Waals surface area contributed by atoms with Gasteiger partial charge in [-0.3, -0.25) is 0 Å². The molecule has 0 saturated heterocycles. The van der Waals surface area contributed by atoms with Gasteiger partial charge < -0.3 is 0 Å². The van der Waals surface area contributed by atoms with Gasteiger partial charge in [0.1, 0.15) is 0 Å². The van der Waals surface area contributed by atoms with Crippen LogP contribution in [0, 0.1) is 0 Å². The Morgan fingerprint density at radius 2 is 0.848 bits per heavy atom. The molecule has 0 atom stereocenters. The summed E-state index contributed by atoms with van der Waals surface area (Å²) in [7, 11) is 0. The van der Waals surface area contributed by atoms with Gasteiger partial charge in [-0.2, -0.15) is 0 Å². The van der Waals surface area contributed by atoms with Crippen LogP contribution in [0.4, 0.5) is 0 Å². The molecule has 0 aliphatic heterocycles. The van der Waals surface area contributed by atoms with E-state index in [0.29, 0.717) is 44.2 Å². The first-order chi connectivity index (χ1) is 25.8. The van der Waals surface area contributed by atoms with E-state index in [1.807, 2.05) is 127 Å². The zero-order valence-corrected chi connectivity index (χ0v) is 24.8. The number of rotatable bonds is 4.